The monoisotopic (exact) mass is 386 g/mol. The molecule has 0 aromatic heterocycles. The summed E-state index contributed by atoms with van der Waals surface area (Å²) < 4.78 is 15.5. The summed E-state index contributed by atoms with van der Waals surface area (Å²) in [6.07, 6.45) is 0. The van der Waals surface area contributed by atoms with Crippen LogP contribution >= 0.6 is 0 Å². The van der Waals surface area contributed by atoms with E-state index in [1.807, 2.05) is 0 Å². The fourth-order valence-electron chi connectivity index (χ4n) is 2.24. The molecule has 2 rings (SSSR count). The SMILES string of the molecule is CCOC(=O)c1ccccc1NC(=O)C(=O)NCCOc1ccc(OC)cc1. The maximum absolute atomic E-state index is 12.0. The van der Waals surface area contributed by atoms with Gasteiger partial charge in [-0.3, -0.25) is 9.59 Å². The summed E-state index contributed by atoms with van der Waals surface area (Å²) in [7, 11) is 1.57. The average Bonchev–Trinajstić information content (AvgIpc) is 2.72. The molecule has 0 radical (unpaired) electrons. The number of esters is 1. The lowest BCUT2D eigenvalue weighted by Crippen LogP contribution is -2.37. The number of methoxy groups -OCH3 is 1. The minimum Gasteiger partial charge on any atom is -0.497 e. The smallest absolute Gasteiger partial charge is 0.340 e. The first kappa shape index (κ1) is 20.8. The van der Waals surface area contributed by atoms with Gasteiger partial charge in [-0.25, -0.2) is 4.79 Å². The molecule has 2 N–H and O–H groups in total. The summed E-state index contributed by atoms with van der Waals surface area (Å²) >= 11 is 0. The highest BCUT2D eigenvalue weighted by atomic mass is 16.5. The zero-order valence-electron chi connectivity index (χ0n) is 15.7. The molecule has 0 spiro atoms. The predicted molar refractivity (Wildman–Crippen MR) is 103 cm³/mol. The zero-order valence-corrected chi connectivity index (χ0v) is 15.7. The van der Waals surface area contributed by atoms with E-state index in [0.29, 0.717) is 11.5 Å². The van der Waals surface area contributed by atoms with E-state index in [0.717, 1.165) is 0 Å². The number of amides is 2. The van der Waals surface area contributed by atoms with Crippen LogP contribution in [0.4, 0.5) is 5.69 Å². The first-order chi connectivity index (χ1) is 13.5. The topological polar surface area (TPSA) is 103 Å². The minimum atomic E-state index is -0.888. The van der Waals surface area contributed by atoms with Gasteiger partial charge >= 0.3 is 17.8 Å². The molecule has 0 fully saturated rings. The van der Waals surface area contributed by atoms with Crippen LogP contribution in [0.25, 0.3) is 0 Å². The Morgan fingerprint density at radius 3 is 2.29 bits per heavy atom. The largest absolute Gasteiger partial charge is 0.497 e. The third-order valence-electron chi connectivity index (χ3n) is 3.59. The molecular weight excluding hydrogens is 364 g/mol. The highest BCUT2D eigenvalue weighted by Gasteiger charge is 2.18. The van der Waals surface area contributed by atoms with Gasteiger partial charge < -0.3 is 24.8 Å². The van der Waals surface area contributed by atoms with Gasteiger partial charge in [0.15, 0.2) is 0 Å². The molecule has 2 aromatic rings. The molecule has 0 aliphatic heterocycles. The third-order valence-corrected chi connectivity index (χ3v) is 3.59. The van der Waals surface area contributed by atoms with Crippen LogP contribution < -0.4 is 20.1 Å². The van der Waals surface area contributed by atoms with Crippen molar-refractivity contribution in [2.75, 3.05) is 32.2 Å². The maximum atomic E-state index is 12.0. The van der Waals surface area contributed by atoms with Crippen molar-refractivity contribution in [1.29, 1.82) is 0 Å². The number of anilines is 1. The van der Waals surface area contributed by atoms with E-state index in [9.17, 15) is 14.4 Å². The fourth-order valence-corrected chi connectivity index (χ4v) is 2.24. The number of carbonyl (C=O) groups is 3. The zero-order chi connectivity index (χ0) is 20.4. The van der Waals surface area contributed by atoms with Crippen molar-refractivity contribution in [3.8, 4) is 11.5 Å². The van der Waals surface area contributed by atoms with Crippen molar-refractivity contribution in [2.24, 2.45) is 0 Å². The quantitative estimate of drug-likeness (QED) is 0.409. The normalized spacial score (nSPS) is 9.93. The number of hydrogen-bond donors (Lipinski definition) is 2. The van der Waals surface area contributed by atoms with E-state index < -0.39 is 17.8 Å². The summed E-state index contributed by atoms with van der Waals surface area (Å²) in [5.74, 6) is -0.979. The summed E-state index contributed by atoms with van der Waals surface area (Å²) in [5.41, 5.74) is 0.379. The van der Waals surface area contributed by atoms with Gasteiger partial charge in [0.1, 0.15) is 18.1 Å². The molecule has 0 unspecified atom stereocenters. The first-order valence-corrected chi connectivity index (χ1v) is 8.67. The van der Waals surface area contributed by atoms with E-state index in [1.54, 1.807) is 50.4 Å². The Morgan fingerprint density at radius 2 is 1.61 bits per heavy atom. The van der Waals surface area contributed by atoms with E-state index >= 15 is 0 Å². The summed E-state index contributed by atoms with van der Waals surface area (Å²) in [6, 6.07) is 13.3. The van der Waals surface area contributed by atoms with Crippen LogP contribution in [0, 0.1) is 0 Å². The minimum absolute atomic E-state index is 0.137. The molecule has 8 heteroatoms. The van der Waals surface area contributed by atoms with Crippen LogP contribution in [0.5, 0.6) is 11.5 Å². The average molecular weight is 386 g/mol. The van der Waals surface area contributed by atoms with Crippen LogP contribution in [0.3, 0.4) is 0 Å². The number of hydrogen-bond acceptors (Lipinski definition) is 6. The third kappa shape index (κ3) is 6.01. The molecule has 148 valence electrons. The molecule has 0 heterocycles. The fraction of sp³-hybridized carbons (Fsp3) is 0.250. The Labute approximate surface area is 162 Å². The maximum Gasteiger partial charge on any atom is 0.340 e. The number of ether oxygens (including phenoxy) is 3. The number of para-hydroxylation sites is 1. The van der Waals surface area contributed by atoms with E-state index in [2.05, 4.69) is 10.6 Å². The lowest BCUT2D eigenvalue weighted by atomic mass is 10.2. The predicted octanol–water partition coefficient (Wildman–Crippen LogP) is 2.01. The molecule has 0 aliphatic rings. The molecule has 0 saturated carbocycles. The molecule has 0 bridgehead atoms. The second kappa shape index (κ2) is 10.6. The van der Waals surface area contributed by atoms with Gasteiger partial charge in [-0.05, 0) is 43.3 Å². The van der Waals surface area contributed by atoms with Crippen LogP contribution in [-0.2, 0) is 14.3 Å². The standard InChI is InChI=1S/C20H22N2O6/c1-3-27-20(25)16-6-4-5-7-17(16)22-19(24)18(23)21-12-13-28-15-10-8-14(26-2)9-11-15/h4-11H,3,12-13H2,1-2H3,(H,21,23)(H,22,24). The van der Waals surface area contributed by atoms with Gasteiger partial charge in [0.05, 0.1) is 31.5 Å². The highest BCUT2D eigenvalue weighted by Crippen LogP contribution is 2.17. The highest BCUT2D eigenvalue weighted by molar-refractivity contribution is 6.40. The second-order valence-electron chi connectivity index (χ2n) is 5.50. The van der Waals surface area contributed by atoms with Crippen LogP contribution in [0.1, 0.15) is 17.3 Å². The van der Waals surface area contributed by atoms with Crippen LogP contribution in [-0.4, -0.2) is 44.7 Å². The van der Waals surface area contributed by atoms with Crippen molar-refractivity contribution < 1.29 is 28.6 Å². The first-order valence-electron chi connectivity index (χ1n) is 8.67. The molecule has 0 saturated heterocycles. The van der Waals surface area contributed by atoms with Gasteiger partial charge in [-0.15, -0.1) is 0 Å². The Bertz CT molecular complexity index is 820. The molecule has 2 amide bonds. The number of rotatable bonds is 8. The van der Waals surface area contributed by atoms with Crippen molar-refractivity contribution in [3.63, 3.8) is 0 Å². The van der Waals surface area contributed by atoms with Gasteiger partial charge in [-0.1, -0.05) is 12.1 Å². The lowest BCUT2D eigenvalue weighted by molar-refractivity contribution is -0.136. The molecular formula is C20H22N2O6. The molecule has 0 aliphatic carbocycles. The second-order valence-corrected chi connectivity index (χ2v) is 5.50. The van der Waals surface area contributed by atoms with Gasteiger partial charge in [0, 0.05) is 0 Å². The van der Waals surface area contributed by atoms with E-state index in [1.165, 1.54) is 12.1 Å². The van der Waals surface area contributed by atoms with Gasteiger partial charge in [0.2, 0.25) is 0 Å². The summed E-state index contributed by atoms with van der Waals surface area (Å²) in [4.78, 5) is 35.9. The van der Waals surface area contributed by atoms with Crippen molar-refractivity contribution in [2.45, 2.75) is 6.92 Å². The van der Waals surface area contributed by atoms with Gasteiger partial charge in [0.25, 0.3) is 0 Å². The van der Waals surface area contributed by atoms with Crippen molar-refractivity contribution >= 4 is 23.5 Å². The molecule has 2 aromatic carbocycles. The van der Waals surface area contributed by atoms with Crippen molar-refractivity contribution in [3.05, 3.63) is 54.1 Å². The Morgan fingerprint density at radius 1 is 0.929 bits per heavy atom. The number of nitrogens with one attached hydrogen (secondary N) is 2. The van der Waals surface area contributed by atoms with Crippen molar-refractivity contribution in [1.82, 2.24) is 5.32 Å². The molecule has 8 nitrogen and oxygen atoms in total. The molecule has 0 atom stereocenters. The number of carbonyl (C=O) groups excluding carboxylic acids is 3. The van der Waals surface area contributed by atoms with Crippen LogP contribution in [0.2, 0.25) is 0 Å². The Kier molecular flexibility index (Phi) is 7.83. The van der Waals surface area contributed by atoms with Crippen LogP contribution in [0.15, 0.2) is 48.5 Å². The van der Waals surface area contributed by atoms with E-state index in [4.69, 9.17) is 14.2 Å². The Balaban J connectivity index is 1.81. The number of benzene rings is 2. The lowest BCUT2D eigenvalue weighted by Gasteiger charge is -2.11. The summed E-state index contributed by atoms with van der Waals surface area (Å²) in [6.45, 7) is 2.21. The van der Waals surface area contributed by atoms with E-state index in [-0.39, 0.29) is 31.0 Å². The Hall–Kier alpha value is -3.55. The van der Waals surface area contributed by atoms with Gasteiger partial charge in [-0.2, -0.15) is 0 Å². The summed E-state index contributed by atoms with van der Waals surface area (Å²) in [5, 5.41) is 4.87. The molecule has 28 heavy (non-hydrogen) atoms.